The summed E-state index contributed by atoms with van der Waals surface area (Å²) in [6.45, 7) is 4.12. The number of benzene rings is 2. The van der Waals surface area contributed by atoms with Crippen LogP contribution >= 0.6 is 0 Å². The third kappa shape index (κ3) is 4.71. The Bertz CT molecular complexity index is 617. The Morgan fingerprint density at radius 2 is 1.57 bits per heavy atom. The van der Waals surface area contributed by atoms with Crippen molar-refractivity contribution in [1.82, 2.24) is 0 Å². The molecular formula is C18H24N2O3. The van der Waals surface area contributed by atoms with Gasteiger partial charge >= 0.3 is 0 Å². The monoisotopic (exact) mass is 316 g/mol. The fourth-order valence-corrected chi connectivity index (χ4v) is 2.24. The SMILES string of the molecule is CCOc1ccccc1NCCNc1cc(OC)ccc1OC. The van der Waals surface area contributed by atoms with Gasteiger partial charge in [0.15, 0.2) is 0 Å². The van der Waals surface area contributed by atoms with Crippen LogP contribution in [0.1, 0.15) is 6.92 Å². The smallest absolute Gasteiger partial charge is 0.142 e. The molecule has 0 aliphatic rings. The quantitative estimate of drug-likeness (QED) is 0.692. The maximum atomic E-state index is 5.60. The van der Waals surface area contributed by atoms with Crippen molar-refractivity contribution in [2.45, 2.75) is 6.92 Å². The van der Waals surface area contributed by atoms with E-state index in [2.05, 4.69) is 10.6 Å². The second-order valence-electron chi connectivity index (χ2n) is 4.85. The highest BCUT2D eigenvalue weighted by molar-refractivity contribution is 5.60. The molecule has 0 saturated heterocycles. The third-order valence-corrected chi connectivity index (χ3v) is 3.35. The minimum Gasteiger partial charge on any atom is -0.497 e. The molecule has 0 spiro atoms. The number of rotatable bonds is 9. The Kier molecular flexibility index (Phi) is 6.41. The molecule has 5 heteroatoms. The van der Waals surface area contributed by atoms with Gasteiger partial charge in [0, 0.05) is 19.2 Å². The predicted octanol–water partition coefficient (Wildman–Crippen LogP) is 3.63. The van der Waals surface area contributed by atoms with Gasteiger partial charge in [-0.1, -0.05) is 12.1 Å². The largest absolute Gasteiger partial charge is 0.497 e. The molecule has 0 fully saturated rings. The first-order chi connectivity index (χ1) is 11.3. The minimum absolute atomic E-state index is 0.651. The molecule has 2 aromatic carbocycles. The molecule has 2 aromatic rings. The van der Waals surface area contributed by atoms with Gasteiger partial charge in [0.1, 0.15) is 17.2 Å². The number of methoxy groups -OCH3 is 2. The maximum Gasteiger partial charge on any atom is 0.142 e. The van der Waals surface area contributed by atoms with Crippen LogP contribution in [0.2, 0.25) is 0 Å². The lowest BCUT2D eigenvalue weighted by Crippen LogP contribution is -2.14. The van der Waals surface area contributed by atoms with E-state index in [9.17, 15) is 0 Å². The lowest BCUT2D eigenvalue weighted by atomic mass is 10.2. The fraction of sp³-hybridized carbons (Fsp3) is 0.333. The normalized spacial score (nSPS) is 10.0. The predicted molar refractivity (Wildman–Crippen MR) is 94.1 cm³/mol. The van der Waals surface area contributed by atoms with Crippen LogP contribution < -0.4 is 24.8 Å². The molecule has 2 rings (SSSR count). The van der Waals surface area contributed by atoms with Gasteiger partial charge in [-0.2, -0.15) is 0 Å². The summed E-state index contributed by atoms with van der Waals surface area (Å²) in [7, 11) is 3.31. The topological polar surface area (TPSA) is 51.8 Å². The summed E-state index contributed by atoms with van der Waals surface area (Å²) in [4.78, 5) is 0. The van der Waals surface area contributed by atoms with Gasteiger partial charge in [-0.25, -0.2) is 0 Å². The van der Waals surface area contributed by atoms with Crippen molar-refractivity contribution in [3.63, 3.8) is 0 Å². The number of hydrogen-bond acceptors (Lipinski definition) is 5. The molecule has 0 amide bonds. The van der Waals surface area contributed by atoms with E-state index in [4.69, 9.17) is 14.2 Å². The van der Waals surface area contributed by atoms with E-state index >= 15 is 0 Å². The second kappa shape index (κ2) is 8.78. The summed E-state index contributed by atoms with van der Waals surface area (Å²) in [5, 5.41) is 6.73. The van der Waals surface area contributed by atoms with Crippen molar-refractivity contribution in [2.75, 3.05) is 44.5 Å². The summed E-state index contributed by atoms with van der Waals surface area (Å²) in [6.07, 6.45) is 0. The molecule has 23 heavy (non-hydrogen) atoms. The van der Waals surface area contributed by atoms with E-state index < -0.39 is 0 Å². The van der Waals surface area contributed by atoms with Gasteiger partial charge in [-0.05, 0) is 31.2 Å². The molecule has 0 radical (unpaired) electrons. The van der Waals surface area contributed by atoms with Crippen LogP contribution in [0.25, 0.3) is 0 Å². The van der Waals surface area contributed by atoms with Gasteiger partial charge in [-0.3, -0.25) is 0 Å². The second-order valence-corrected chi connectivity index (χ2v) is 4.85. The van der Waals surface area contributed by atoms with Crippen LogP contribution in [0.15, 0.2) is 42.5 Å². The van der Waals surface area contributed by atoms with Crippen molar-refractivity contribution in [1.29, 1.82) is 0 Å². The number of anilines is 2. The zero-order chi connectivity index (χ0) is 16.5. The standard InChI is InChI=1S/C18H24N2O3/c1-4-23-18-8-6-5-7-15(18)19-11-12-20-16-13-14(21-2)9-10-17(16)22-3/h5-10,13,19-20H,4,11-12H2,1-3H3. The van der Waals surface area contributed by atoms with Crippen molar-refractivity contribution >= 4 is 11.4 Å². The van der Waals surface area contributed by atoms with Crippen LogP contribution in [0, 0.1) is 0 Å². The van der Waals surface area contributed by atoms with Crippen LogP contribution in [0.4, 0.5) is 11.4 Å². The third-order valence-electron chi connectivity index (χ3n) is 3.35. The molecule has 0 saturated carbocycles. The van der Waals surface area contributed by atoms with Crippen molar-refractivity contribution < 1.29 is 14.2 Å². The molecule has 0 heterocycles. The Hall–Kier alpha value is -2.56. The molecule has 2 N–H and O–H groups in total. The summed E-state index contributed by atoms with van der Waals surface area (Å²) >= 11 is 0. The first kappa shape index (κ1) is 16.8. The molecule has 0 atom stereocenters. The zero-order valence-corrected chi connectivity index (χ0v) is 13.9. The molecule has 5 nitrogen and oxygen atoms in total. The molecule has 0 unspecified atom stereocenters. The van der Waals surface area contributed by atoms with E-state index in [0.29, 0.717) is 6.61 Å². The van der Waals surface area contributed by atoms with Crippen LogP contribution in [0.3, 0.4) is 0 Å². The van der Waals surface area contributed by atoms with Gasteiger partial charge < -0.3 is 24.8 Å². The number of nitrogens with one attached hydrogen (secondary N) is 2. The Morgan fingerprint density at radius 1 is 0.826 bits per heavy atom. The van der Waals surface area contributed by atoms with Crippen LogP contribution in [-0.2, 0) is 0 Å². The molecule has 0 aliphatic heterocycles. The van der Waals surface area contributed by atoms with E-state index in [-0.39, 0.29) is 0 Å². The van der Waals surface area contributed by atoms with Gasteiger partial charge in [0.05, 0.1) is 32.2 Å². The average Bonchev–Trinajstić information content (AvgIpc) is 2.60. The highest BCUT2D eigenvalue weighted by Crippen LogP contribution is 2.28. The summed E-state index contributed by atoms with van der Waals surface area (Å²) in [6, 6.07) is 13.6. The lowest BCUT2D eigenvalue weighted by Gasteiger charge is -2.15. The molecular weight excluding hydrogens is 292 g/mol. The first-order valence-corrected chi connectivity index (χ1v) is 7.70. The maximum absolute atomic E-state index is 5.60. The highest BCUT2D eigenvalue weighted by Gasteiger charge is 2.05. The summed E-state index contributed by atoms with van der Waals surface area (Å²) in [5.41, 5.74) is 1.90. The van der Waals surface area contributed by atoms with Gasteiger partial charge in [0.25, 0.3) is 0 Å². The zero-order valence-electron chi connectivity index (χ0n) is 13.9. The average molecular weight is 316 g/mol. The molecule has 0 aliphatic carbocycles. The Balaban J connectivity index is 1.91. The van der Waals surface area contributed by atoms with Crippen LogP contribution in [-0.4, -0.2) is 33.9 Å². The summed E-state index contributed by atoms with van der Waals surface area (Å²) in [5.74, 6) is 2.46. The van der Waals surface area contributed by atoms with E-state index in [1.165, 1.54) is 0 Å². The van der Waals surface area contributed by atoms with Crippen molar-refractivity contribution in [3.05, 3.63) is 42.5 Å². The Labute approximate surface area is 137 Å². The van der Waals surface area contributed by atoms with E-state index in [1.54, 1.807) is 14.2 Å². The number of ether oxygens (including phenoxy) is 3. The number of hydrogen-bond donors (Lipinski definition) is 2. The Morgan fingerprint density at radius 3 is 2.26 bits per heavy atom. The van der Waals surface area contributed by atoms with Crippen LogP contribution in [0.5, 0.6) is 17.2 Å². The first-order valence-electron chi connectivity index (χ1n) is 7.70. The van der Waals surface area contributed by atoms with E-state index in [0.717, 1.165) is 41.7 Å². The van der Waals surface area contributed by atoms with Crippen molar-refractivity contribution in [3.8, 4) is 17.2 Å². The van der Waals surface area contributed by atoms with Crippen molar-refractivity contribution in [2.24, 2.45) is 0 Å². The van der Waals surface area contributed by atoms with Gasteiger partial charge in [-0.15, -0.1) is 0 Å². The molecule has 124 valence electrons. The minimum atomic E-state index is 0.651. The van der Waals surface area contributed by atoms with Gasteiger partial charge in [0.2, 0.25) is 0 Å². The van der Waals surface area contributed by atoms with E-state index in [1.807, 2.05) is 49.4 Å². The molecule has 0 aromatic heterocycles. The summed E-state index contributed by atoms with van der Waals surface area (Å²) < 4.78 is 16.2. The highest BCUT2D eigenvalue weighted by atomic mass is 16.5. The number of para-hydroxylation sites is 2. The fourth-order valence-electron chi connectivity index (χ4n) is 2.24. The lowest BCUT2D eigenvalue weighted by molar-refractivity contribution is 0.342. The molecule has 0 bridgehead atoms.